The lowest BCUT2D eigenvalue weighted by Gasteiger charge is -2.04. The van der Waals surface area contributed by atoms with Gasteiger partial charge in [0.15, 0.2) is 0 Å². The molecule has 1 aromatic rings. The number of hydrogen-bond donors (Lipinski definition) is 0. The highest BCUT2D eigenvalue weighted by molar-refractivity contribution is 5.86. The van der Waals surface area contributed by atoms with Crippen molar-refractivity contribution in [3.8, 4) is 0 Å². The zero-order chi connectivity index (χ0) is 10.6. The van der Waals surface area contributed by atoms with E-state index >= 15 is 0 Å². The van der Waals surface area contributed by atoms with E-state index in [4.69, 9.17) is 4.74 Å². The first kappa shape index (κ1) is 10.5. The summed E-state index contributed by atoms with van der Waals surface area (Å²) in [5, 5.41) is 0. The Hall–Kier alpha value is -1.57. The highest BCUT2D eigenvalue weighted by atomic mass is 16.5. The molecule has 73 valence electrons. The van der Waals surface area contributed by atoms with E-state index in [1.165, 1.54) is 0 Å². The Bertz CT molecular complexity index is 353. The fourth-order valence-corrected chi connectivity index (χ4v) is 0.992. The first-order chi connectivity index (χ1) is 6.59. The average Bonchev–Trinajstić information content (AvgIpc) is 2.14. The Kier molecular flexibility index (Phi) is 3.46. The maximum atomic E-state index is 11.1. The van der Waals surface area contributed by atoms with Gasteiger partial charge in [-0.05, 0) is 25.0 Å². The summed E-state index contributed by atoms with van der Waals surface area (Å²) in [7, 11) is 0. The number of benzene rings is 1. The summed E-state index contributed by atoms with van der Waals surface area (Å²) in [6.45, 7) is 9.18. The maximum Gasteiger partial charge on any atom is 0.333 e. The summed E-state index contributed by atoms with van der Waals surface area (Å²) < 4.78 is 4.98. The van der Waals surface area contributed by atoms with Crippen LogP contribution >= 0.6 is 0 Å². The van der Waals surface area contributed by atoms with E-state index in [2.05, 4.69) is 13.5 Å². The Morgan fingerprint density at radius 2 is 2.21 bits per heavy atom. The van der Waals surface area contributed by atoms with Crippen LogP contribution in [0.15, 0.2) is 36.4 Å². The van der Waals surface area contributed by atoms with Crippen LogP contribution in [0.25, 0.3) is 0 Å². The van der Waals surface area contributed by atoms with E-state index in [0.29, 0.717) is 5.57 Å². The first-order valence-electron chi connectivity index (χ1n) is 4.33. The molecule has 0 aliphatic heterocycles. The smallest absolute Gasteiger partial charge is 0.333 e. The molecule has 0 N–H and O–H groups in total. The number of hydrogen-bond acceptors (Lipinski definition) is 2. The van der Waals surface area contributed by atoms with Gasteiger partial charge >= 0.3 is 5.97 Å². The van der Waals surface area contributed by atoms with Crippen LogP contribution in [0.2, 0.25) is 0 Å². The molecule has 2 nitrogen and oxygen atoms in total. The van der Waals surface area contributed by atoms with Crippen LogP contribution in [-0.2, 0) is 16.1 Å². The highest BCUT2D eigenvalue weighted by Gasteiger charge is 2.02. The van der Waals surface area contributed by atoms with E-state index in [1.807, 2.05) is 24.3 Å². The first-order valence-corrected chi connectivity index (χ1v) is 4.33. The van der Waals surface area contributed by atoms with Gasteiger partial charge in [0.25, 0.3) is 0 Å². The third-order valence-electron chi connectivity index (χ3n) is 1.71. The molecule has 0 bridgehead atoms. The van der Waals surface area contributed by atoms with Crippen LogP contribution in [0.4, 0.5) is 0 Å². The SMILES string of the molecule is [CH2]c1cccc(COC(=O)C(=C)C)c1. The lowest BCUT2D eigenvalue weighted by atomic mass is 10.1. The van der Waals surface area contributed by atoms with Crippen LogP contribution in [-0.4, -0.2) is 5.97 Å². The number of carbonyl (C=O) groups is 1. The molecule has 0 spiro atoms. The summed E-state index contributed by atoms with van der Waals surface area (Å²) in [5.74, 6) is -0.362. The topological polar surface area (TPSA) is 26.3 Å². The monoisotopic (exact) mass is 189 g/mol. The van der Waals surface area contributed by atoms with Gasteiger partial charge in [-0.15, -0.1) is 0 Å². The van der Waals surface area contributed by atoms with E-state index in [0.717, 1.165) is 11.1 Å². The van der Waals surface area contributed by atoms with E-state index < -0.39 is 0 Å². The molecule has 0 fully saturated rings. The van der Waals surface area contributed by atoms with Gasteiger partial charge in [-0.25, -0.2) is 4.79 Å². The van der Waals surface area contributed by atoms with Gasteiger partial charge in [0.1, 0.15) is 6.61 Å². The molecule has 1 aromatic carbocycles. The number of esters is 1. The Morgan fingerprint density at radius 1 is 1.50 bits per heavy atom. The minimum atomic E-state index is -0.362. The third kappa shape index (κ3) is 3.05. The van der Waals surface area contributed by atoms with Crippen molar-refractivity contribution in [2.24, 2.45) is 0 Å². The van der Waals surface area contributed by atoms with Gasteiger partial charge in [-0.1, -0.05) is 30.8 Å². The fraction of sp³-hybridized carbons (Fsp3) is 0.167. The average molecular weight is 189 g/mol. The zero-order valence-corrected chi connectivity index (χ0v) is 8.25. The van der Waals surface area contributed by atoms with Crippen molar-refractivity contribution >= 4 is 5.97 Å². The van der Waals surface area contributed by atoms with Crippen LogP contribution in [0.1, 0.15) is 18.1 Å². The van der Waals surface area contributed by atoms with Gasteiger partial charge in [-0.3, -0.25) is 0 Å². The molecular formula is C12H13O2. The third-order valence-corrected chi connectivity index (χ3v) is 1.71. The van der Waals surface area contributed by atoms with Gasteiger partial charge in [0.05, 0.1) is 0 Å². The second kappa shape index (κ2) is 4.61. The largest absolute Gasteiger partial charge is 0.457 e. The standard InChI is InChI=1S/C12H13O2/c1-9(2)12(13)14-8-11-6-4-5-10(3)7-11/h4-7H,1,3,8H2,2H3. The second-order valence-corrected chi connectivity index (χ2v) is 3.18. The molecule has 0 aliphatic carbocycles. The molecule has 1 rings (SSSR count). The molecule has 0 heterocycles. The molecule has 0 saturated heterocycles. The predicted molar refractivity (Wildman–Crippen MR) is 55.5 cm³/mol. The van der Waals surface area contributed by atoms with Crippen LogP contribution in [0.5, 0.6) is 0 Å². The molecule has 0 unspecified atom stereocenters. The Balaban J connectivity index is 2.54. The van der Waals surface area contributed by atoms with Crippen LogP contribution in [0.3, 0.4) is 0 Å². The van der Waals surface area contributed by atoms with Gasteiger partial charge in [-0.2, -0.15) is 0 Å². The van der Waals surface area contributed by atoms with Crippen molar-refractivity contribution in [3.63, 3.8) is 0 Å². The summed E-state index contributed by atoms with van der Waals surface area (Å²) in [4.78, 5) is 11.1. The zero-order valence-electron chi connectivity index (χ0n) is 8.25. The molecule has 14 heavy (non-hydrogen) atoms. The van der Waals surface area contributed by atoms with Gasteiger partial charge in [0, 0.05) is 5.57 Å². The van der Waals surface area contributed by atoms with Gasteiger partial charge < -0.3 is 4.74 Å². The van der Waals surface area contributed by atoms with Gasteiger partial charge in [0.2, 0.25) is 0 Å². The molecule has 0 aliphatic rings. The predicted octanol–water partition coefficient (Wildman–Crippen LogP) is 2.49. The summed E-state index contributed by atoms with van der Waals surface area (Å²) in [6.07, 6.45) is 0. The minimum absolute atomic E-state index is 0.273. The molecule has 2 heteroatoms. The summed E-state index contributed by atoms with van der Waals surface area (Å²) >= 11 is 0. The van der Waals surface area contributed by atoms with E-state index in [9.17, 15) is 4.79 Å². The van der Waals surface area contributed by atoms with Crippen molar-refractivity contribution in [2.75, 3.05) is 0 Å². The summed E-state index contributed by atoms with van der Waals surface area (Å²) in [5.41, 5.74) is 2.26. The summed E-state index contributed by atoms with van der Waals surface area (Å²) in [6, 6.07) is 7.54. The quantitative estimate of drug-likeness (QED) is 0.539. The lowest BCUT2D eigenvalue weighted by Crippen LogP contribution is -2.04. The number of carbonyl (C=O) groups excluding carboxylic acids is 1. The molecule has 0 atom stereocenters. The number of rotatable bonds is 3. The van der Waals surface area contributed by atoms with Crippen LogP contribution < -0.4 is 0 Å². The van der Waals surface area contributed by atoms with Crippen LogP contribution in [0, 0.1) is 6.92 Å². The minimum Gasteiger partial charge on any atom is -0.457 e. The van der Waals surface area contributed by atoms with Crippen molar-refractivity contribution in [2.45, 2.75) is 13.5 Å². The lowest BCUT2D eigenvalue weighted by molar-refractivity contribution is -0.140. The van der Waals surface area contributed by atoms with Crippen molar-refractivity contribution < 1.29 is 9.53 Å². The molecule has 0 aromatic heterocycles. The second-order valence-electron chi connectivity index (χ2n) is 3.18. The maximum absolute atomic E-state index is 11.1. The normalized spacial score (nSPS) is 9.57. The Labute approximate surface area is 84.2 Å². The van der Waals surface area contributed by atoms with Crippen molar-refractivity contribution in [1.82, 2.24) is 0 Å². The van der Waals surface area contributed by atoms with Crippen molar-refractivity contribution in [1.29, 1.82) is 0 Å². The molecule has 0 saturated carbocycles. The highest BCUT2D eigenvalue weighted by Crippen LogP contribution is 2.06. The van der Waals surface area contributed by atoms with E-state index in [1.54, 1.807) is 6.92 Å². The fourth-order valence-electron chi connectivity index (χ4n) is 0.992. The van der Waals surface area contributed by atoms with Crippen molar-refractivity contribution in [3.05, 3.63) is 54.5 Å². The molecule has 0 amide bonds. The molecule has 1 radical (unpaired) electrons. The molecular weight excluding hydrogens is 176 g/mol. The Morgan fingerprint density at radius 3 is 2.79 bits per heavy atom. The number of ether oxygens (including phenoxy) is 1. The van der Waals surface area contributed by atoms with E-state index in [-0.39, 0.29) is 12.6 Å².